The SMILES string of the molecule is CCN(Cc1ccccn1)[C@H]1CC[C@H]2[C@@H]3CCc4cc(OC)ccc4[C@H]3CC[C@]12C. The number of fused-ring (bicyclic) bond motifs is 5. The van der Waals surface area contributed by atoms with Crippen molar-refractivity contribution >= 4 is 0 Å². The summed E-state index contributed by atoms with van der Waals surface area (Å²) in [5.74, 6) is 3.47. The molecule has 1 aromatic carbocycles. The highest BCUT2D eigenvalue weighted by Crippen LogP contribution is 2.62. The number of rotatable bonds is 5. The van der Waals surface area contributed by atoms with Crippen molar-refractivity contribution in [3.8, 4) is 5.75 Å². The molecule has 0 spiro atoms. The van der Waals surface area contributed by atoms with Gasteiger partial charge in [0.05, 0.1) is 12.8 Å². The number of aryl methyl sites for hydroxylation is 1. The Bertz CT molecular complexity index is 882. The van der Waals surface area contributed by atoms with Crippen LogP contribution in [0.5, 0.6) is 5.75 Å². The molecular formula is C27H36N2O. The average Bonchev–Trinajstić information content (AvgIpc) is 3.14. The lowest BCUT2D eigenvalue weighted by Gasteiger charge is -2.52. The summed E-state index contributed by atoms with van der Waals surface area (Å²) in [5, 5.41) is 0. The first-order valence-electron chi connectivity index (χ1n) is 11.9. The second kappa shape index (κ2) is 8.00. The molecule has 0 N–H and O–H groups in total. The van der Waals surface area contributed by atoms with Gasteiger partial charge in [0.2, 0.25) is 0 Å². The Morgan fingerprint density at radius 3 is 2.80 bits per heavy atom. The molecule has 0 radical (unpaired) electrons. The quantitative estimate of drug-likeness (QED) is 0.626. The fourth-order valence-electron chi connectivity index (χ4n) is 7.40. The Labute approximate surface area is 181 Å². The first-order chi connectivity index (χ1) is 14.6. The zero-order valence-corrected chi connectivity index (χ0v) is 18.8. The zero-order valence-electron chi connectivity index (χ0n) is 18.8. The molecule has 3 heteroatoms. The van der Waals surface area contributed by atoms with Gasteiger partial charge < -0.3 is 4.74 Å². The number of pyridine rings is 1. The second-order valence-corrected chi connectivity index (χ2v) is 10.0. The van der Waals surface area contributed by atoms with Gasteiger partial charge >= 0.3 is 0 Å². The maximum absolute atomic E-state index is 5.49. The molecule has 3 aliphatic rings. The first-order valence-corrected chi connectivity index (χ1v) is 11.9. The predicted octanol–water partition coefficient (Wildman–Crippen LogP) is 5.84. The van der Waals surface area contributed by atoms with Crippen LogP contribution in [0, 0.1) is 17.3 Å². The summed E-state index contributed by atoms with van der Waals surface area (Å²) in [6.07, 6.45) is 9.94. The van der Waals surface area contributed by atoms with Gasteiger partial charge in [0.15, 0.2) is 0 Å². The van der Waals surface area contributed by atoms with Crippen LogP contribution < -0.4 is 4.74 Å². The number of hydrogen-bond donors (Lipinski definition) is 0. The van der Waals surface area contributed by atoms with E-state index in [1.807, 2.05) is 12.3 Å². The Kier molecular flexibility index (Phi) is 5.35. The van der Waals surface area contributed by atoms with Crippen LogP contribution in [0.25, 0.3) is 0 Å². The second-order valence-electron chi connectivity index (χ2n) is 10.0. The molecule has 3 nitrogen and oxygen atoms in total. The lowest BCUT2D eigenvalue weighted by Crippen LogP contribution is -2.50. The molecule has 2 saturated carbocycles. The monoisotopic (exact) mass is 404 g/mol. The molecule has 2 aromatic rings. The molecule has 160 valence electrons. The van der Waals surface area contributed by atoms with E-state index in [0.717, 1.165) is 36.6 Å². The van der Waals surface area contributed by atoms with E-state index in [-0.39, 0.29) is 0 Å². The van der Waals surface area contributed by atoms with Crippen molar-refractivity contribution in [3.05, 3.63) is 59.4 Å². The van der Waals surface area contributed by atoms with Crippen molar-refractivity contribution in [1.82, 2.24) is 9.88 Å². The smallest absolute Gasteiger partial charge is 0.119 e. The highest BCUT2D eigenvalue weighted by atomic mass is 16.5. The van der Waals surface area contributed by atoms with E-state index in [1.54, 1.807) is 18.2 Å². The van der Waals surface area contributed by atoms with Gasteiger partial charge in [-0.25, -0.2) is 0 Å². The van der Waals surface area contributed by atoms with Crippen LogP contribution in [0.15, 0.2) is 42.6 Å². The lowest BCUT2D eigenvalue weighted by atomic mass is 9.55. The minimum absolute atomic E-state index is 0.440. The van der Waals surface area contributed by atoms with Crippen LogP contribution in [0.1, 0.15) is 68.7 Å². The topological polar surface area (TPSA) is 25.4 Å². The molecule has 5 atom stereocenters. The van der Waals surface area contributed by atoms with Crippen LogP contribution >= 0.6 is 0 Å². The van der Waals surface area contributed by atoms with Crippen molar-refractivity contribution < 1.29 is 4.74 Å². The highest BCUT2D eigenvalue weighted by Gasteiger charge is 2.55. The van der Waals surface area contributed by atoms with E-state index in [9.17, 15) is 0 Å². The molecular weight excluding hydrogens is 368 g/mol. The summed E-state index contributed by atoms with van der Waals surface area (Å²) < 4.78 is 5.49. The minimum atomic E-state index is 0.440. The van der Waals surface area contributed by atoms with Crippen LogP contribution in [0.3, 0.4) is 0 Å². The van der Waals surface area contributed by atoms with E-state index in [4.69, 9.17) is 4.74 Å². The molecule has 0 unspecified atom stereocenters. The lowest BCUT2D eigenvalue weighted by molar-refractivity contribution is -0.00205. The number of ether oxygens (including phenoxy) is 1. The standard InChI is InChI=1S/C27H36N2O/c1-4-29(18-20-7-5-6-16-28-20)26-13-12-25-24-10-8-19-17-21(30-3)9-11-22(19)23(24)14-15-27(25,26)2/h5-7,9,11,16-17,23-26H,4,8,10,12-15,18H2,1-3H3/t23-,24-,25+,26+,27+/m1/s1. The number of nitrogens with zero attached hydrogens (tertiary/aromatic N) is 2. The van der Waals surface area contributed by atoms with Crippen LogP contribution in [-0.2, 0) is 13.0 Å². The average molecular weight is 405 g/mol. The molecule has 0 bridgehead atoms. The Morgan fingerprint density at radius 2 is 2.03 bits per heavy atom. The van der Waals surface area contributed by atoms with Gasteiger partial charge in [-0.2, -0.15) is 0 Å². The summed E-state index contributed by atoms with van der Waals surface area (Å²) in [5.41, 5.74) is 4.81. The summed E-state index contributed by atoms with van der Waals surface area (Å²) in [4.78, 5) is 7.34. The third-order valence-corrected chi connectivity index (χ3v) is 8.82. The molecule has 0 saturated heterocycles. The van der Waals surface area contributed by atoms with Crippen molar-refractivity contribution in [2.75, 3.05) is 13.7 Å². The summed E-state index contributed by atoms with van der Waals surface area (Å²) >= 11 is 0. The number of methoxy groups -OCH3 is 1. The number of hydrogen-bond acceptors (Lipinski definition) is 3. The molecule has 0 amide bonds. The van der Waals surface area contributed by atoms with Gasteiger partial charge in [-0.15, -0.1) is 0 Å². The summed E-state index contributed by atoms with van der Waals surface area (Å²) in [7, 11) is 1.78. The first kappa shape index (κ1) is 20.1. The van der Waals surface area contributed by atoms with Gasteiger partial charge in [-0.3, -0.25) is 9.88 Å². The molecule has 3 aliphatic carbocycles. The molecule has 0 aliphatic heterocycles. The van der Waals surface area contributed by atoms with Crippen molar-refractivity contribution in [1.29, 1.82) is 0 Å². The highest BCUT2D eigenvalue weighted by molar-refractivity contribution is 5.40. The molecule has 1 heterocycles. The van der Waals surface area contributed by atoms with E-state index >= 15 is 0 Å². The zero-order chi connectivity index (χ0) is 20.7. The van der Waals surface area contributed by atoms with Crippen molar-refractivity contribution in [3.63, 3.8) is 0 Å². The fraction of sp³-hybridized carbons (Fsp3) is 0.593. The Morgan fingerprint density at radius 1 is 1.13 bits per heavy atom. The third kappa shape index (κ3) is 3.26. The maximum Gasteiger partial charge on any atom is 0.119 e. The van der Waals surface area contributed by atoms with E-state index in [1.165, 1.54) is 44.2 Å². The van der Waals surface area contributed by atoms with Crippen LogP contribution in [0.2, 0.25) is 0 Å². The van der Waals surface area contributed by atoms with Crippen LogP contribution in [0.4, 0.5) is 0 Å². The van der Waals surface area contributed by atoms with Gasteiger partial charge in [0.25, 0.3) is 0 Å². The largest absolute Gasteiger partial charge is 0.497 e. The van der Waals surface area contributed by atoms with E-state index < -0.39 is 0 Å². The van der Waals surface area contributed by atoms with E-state index in [0.29, 0.717) is 11.5 Å². The van der Waals surface area contributed by atoms with E-state index in [2.05, 4.69) is 54.1 Å². The van der Waals surface area contributed by atoms with Crippen molar-refractivity contribution in [2.45, 2.75) is 70.9 Å². The molecule has 5 rings (SSSR count). The predicted molar refractivity (Wildman–Crippen MR) is 122 cm³/mol. The van der Waals surface area contributed by atoms with Gasteiger partial charge in [-0.05, 0) is 104 Å². The van der Waals surface area contributed by atoms with Crippen LogP contribution in [-0.4, -0.2) is 29.6 Å². The minimum Gasteiger partial charge on any atom is -0.497 e. The Balaban J connectivity index is 1.38. The van der Waals surface area contributed by atoms with Gasteiger partial charge in [0, 0.05) is 18.8 Å². The van der Waals surface area contributed by atoms with Gasteiger partial charge in [0.1, 0.15) is 5.75 Å². The fourth-order valence-corrected chi connectivity index (χ4v) is 7.40. The van der Waals surface area contributed by atoms with Crippen molar-refractivity contribution in [2.24, 2.45) is 17.3 Å². The summed E-state index contributed by atoms with van der Waals surface area (Å²) in [6.45, 7) is 7.05. The Hall–Kier alpha value is -1.87. The third-order valence-electron chi connectivity index (χ3n) is 8.82. The molecule has 1 aromatic heterocycles. The number of benzene rings is 1. The van der Waals surface area contributed by atoms with Gasteiger partial charge in [-0.1, -0.05) is 26.0 Å². The molecule has 30 heavy (non-hydrogen) atoms. The molecule has 2 fully saturated rings. The normalized spacial score (nSPS) is 32.4. The number of aromatic nitrogens is 1. The summed E-state index contributed by atoms with van der Waals surface area (Å²) in [6, 6.07) is 13.9. The maximum atomic E-state index is 5.49.